The van der Waals surface area contributed by atoms with Crippen LogP contribution in [0.15, 0.2) is 46.8 Å². The molecule has 2 aromatic rings. The second kappa shape index (κ2) is 6.21. The van der Waals surface area contributed by atoms with Gasteiger partial charge >= 0.3 is 0 Å². The van der Waals surface area contributed by atoms with E-state index < -0.39 is 0 Å². The highest BCUT2D eigenvalue weighted by Crippen LogP contribution is 2.11. The Bertz CT molecular complexity index is 459. The third kappa shape index (κ3) is 3.71. The zero-order chi connectivity index (χ0) is 11.9. The Balaban J connectivity index is 1.81. The number of rotatable bonds is 5. The molecule has 0 aliphatic carbocycles. The predicted molar refractivity (Wildman–Crippen MR) is 73.5 cm³/mol. The average Bonchev–Trinajstić information content (AvgIpc) is 2.88. The molecule has 3 heteroatoms. The Morgan fingerprint density at radius 1 is 1.24 bits per heavy atom. The molecule has 0 saturated carbocycles. The highest BCUT2D eigenvalue weighted by atomic mass is 32.1. The van der Waals surface area contributed by atoms with Gasteiger partial charge in [0.1, 0.15) is 5.75 Å². The summed E-state index contributed by atoms with van der Waals surface area (Å²) < 4.78 is 5.12. The highest BCUT2D eigenvalue weighted by Gasteiger charge is 1.93. The van der Waals surface area contributed by atoms with Crippen molar-refractivity contribution in [2.45, 2.75) is 6.42 Å². The van der Waals surface area contributed by atoms with E-state index in [9.17, 15) is 0 Å². The first-order valence-electron chi connectivity index (χ1n) is 5.55. The van der Waals surface area contributed by atoms with Crippen LogP contribution in [0.4, 0.5) is 0 Å². The second-order valence-electron chi connectivity index (χ2n) is 3.65. The molecule has 2 nitrogen and oxygen atoms in total. The molecule has 17 heavy (non-hydrogen) atoms. The van der Waals surface area contributed by atoms with Crippen LogP contribution < -0.4 is 4.74 Å². The van der Waals surface area contributed by atoms with Crippen molar-refractivity contribution in [1.29, 1.82) is 0 Å². The maximum atomic E-state index is 5.12. The van der Waals surface area contributed by atoms with Gasteiger partial charge < -0.3 is 4.74 Å². The Morgan fingerprint density at radius 2 is 2.06 bits per heavy atom. The SMILES string of the molecule is COc1ccc(CC/N=C/c2cccs2)cc1. The lowest BCUT2D eigenvalue weighted by Gasteiger charge is -2.01. The Hall–Kier alpha value is -1.61. The molecule has 0 aliphatic rings. The van der Waals surface area contributed by atoms with Crippen molar-refractivity contribution in [3.63, 3.8) is 0 Å². The summed E-state index contributed by atoms with van der Waals surface area (Å²) in [5.41, 5.74) is 1.29. The van der Waals surface area contributed by atoms with Gasteiger partial charge in [-0.15, -0.1) is 11.3 Å². The molecular weight excluding hydrogens is 230 g/mol. The van der Waals surface area contributed by atoms with Crippen LogP contribution in [0.2, 0.25) is 0 Å². The van der Waals surface area contributed by atoms with E-state index in [1.165, 1.54) is 10.4 Å². The van der Waals surface area contributed by atoms with Gasteiger partial charge in [0.05, 0.1) is 7.11 Å². The van der Waals surface area contributed by atoms with Crippen LogP contribution in [0.3, 0.4) is 0 Å². The number of thiophene rings is 1. The van der Waals surface area contributed by atoms with E-state index in [0.717, 1.165) is 18.7 Å². The van der Waals surface area contributed by atoms with Gasteiger partial charge in [-0.2, -0.15) is 0 Å². The molecule has 0 saturated heterocycles. The molecular formula is C14H15NOS. The second-order valence-corrected chi connectivity index (χ2v) is 4.63. The monoisotopic (exact) mass is 245 g/mol. The van der Waals surface area contributed by atoms with E-state index in [-0.39, 0.29) is 0 Å². The first-order valence-corrected chi connectivity index (χ1v) is 6.43. The summed E-state index contributed by atoms with van der Waals surface area (Å²) in [6.45, 7) is 0.824. The fourth-order valence-electron chi connectivity index (χ4n) is 1.51. The molecule has 2 rings (SSSR count). The molecule has 0 radical (unpaired) electrons. The molecule has 0 bridgehead atoms. The van der Waals surface area contributed by atoms with Crippen LogP contribution in [0.25, 0.3) is 0 Å². The van der Waals surface area contributed by atoms with Crippen LogP contribution in [-0.2, 0) is 6.42 Å². The Labute approximate surface area is 106 Å². The predicted octanol–water partition coefficient (Wildman–Crippen LogP) is 3.42. The molecule has 0 atom stereocenters. The maximum Gasteiger partial charge on any atom is 0.118 e. The van der Waals surface area contributed by atoms with Crippen LogP contribution in [0.5, 0.6) is 5.75 Å². The van der Waals surface area contributed by atoms with Crippen LogP contribution in [0.1, 0.15) is 10.4 Å². The molecule has 0 amide bonds. The highest BCUT2D eigenvalue weighted by molar-refractivity contribution is 7.11. The Kier molecular flexibility index (Phi) is 4.33. The Morgan fingerprint density at radius 3 is 2.71 bits per heavy atom. The molecule has 0 aliphatic heterocycles. The van der Waals surface area contributed by atoms with Gasteiger partial charge in [0, 0.05) is 17.6 Å². The van der Waals surface area contributed by atoms with E-state index in [1.807, 2.05) is 24.4 Å². The lowest BCUT2D eigenvalue weighted by molar-refractivity contribution is 0.414. The minimum atomic E-state index is 0.824. The maximum absolute atomic E-state index is 5.12. The van der Waals surface area contributed by atoms with Crippen molar-refractivity contribution in [3.8, 4) is 5.75 Å². The summed E-state index contributed by atoms with van der Waals surface area (Å²) in [4.78, 5) is 5.61. The number of ether oxygens (including phenoxy) is 1. The number of methoxy groups -OCH3 is 1. The fraction of sp³-hybridized carbons (Fsp3) is 0.214. The lowest BCUT2D eigenvalue weighted by atomic mass is 10.1. The largest absolute Gasteiger partial charge is 0.497 e. The van der Waals surface area contributed by atoms with Crippen molar-refractivity contribution in [3.05, 3.63) is 52.2 Å². The van der Waals surface area contributed by atoms with E-state index in [0.29, 0.717) is 0 Å². The number of hydrogen-bond donors (Lipinski definition) is 0. The molecule has 1 heterocycles. The van der Waals surface area contributed by atoms with E-state index in [1.54, 1.807) is 18.4 Å². The van der Waals surface area contributed by atoms with Gasteiger partial charge in [-0.1, -0.05) is 18.2 Å². The number of aliphatic imine (C=N–C) groups is 1. The summed E-state index contributed by atoms with van der Waals surface area (Å²) in [6, 6.07) is 12.2. The van der Waals surface area contributed by atoms with Gasteiger partial charge in [-0.05, 0) is 35.6 Å². The average molecular weight is 245 g/mol. The fourth-order valence-corrected chi connectivity index (χ4v) is 2.11. The topological polar surface area (TPSA) is 21.6 Å². The number of nitrogens with zero attached hydrogens (tertiary/aromatic N) is 1. The van der Waals surface area contributed by atoms with Gasteiger partial charge in [-0.25, -0.2) is 0 Å². The summed E-state index contributed by atoms with van der Waals surface area (Å²) >= 11 is 1.71. The molecule has 1 aromatic carbocycles. The van der Waals surface area contributed by atoms with Crippen LogP contribution in [-0.4, -0.2) is 19.9 Å². The van der Waals surface area contributed by atoms with Crippen molar-refractivity contribution in [2.75, 3.05) is 13.7 Å². The van der Waals surface area contributed by atoms with Gasteiger partial charge in [0.25, 0.3) is 0 Å². The van der Waals surface area contributed by atoms with Gasteiger partial charge in [-0.3, -0.25) is 4.99 Å². The summed E-state index contributed by atoms with van der Waals surface area (Å²) in [6.07, 6.45) is 2.90. The number of benzene rings is 1. The molecule has 0 N–H and O–H groups in total. The van der Waals surface area contributed by atoms with Crippen LogP contribution in [0, 0.1) is 0 Å². The van der Waals surface area contributed by atoms with Crippen molar-refractivity contribution >= 4 is 17.6 Å². The summed E-state index contributed by atoms with van der Waals surface area (Å²) in [7, 11) is 1.68. The van der Waals surface area contributed by atoms with E-state index in [2.05, 4.69) is 28.6 Å². The number of hydrogen-bond acceptors (Lipinski definition) is 3. The normalized spacial score (nSPS) is 10.9. The smallest absolute Gasteiger partial charge is 0.118 e. The first kappa shape index (κ1) is 11.9. The quantitative estimate of drug-likeness (QED) is 0.740. The van der Waals surface area contributed by atoms with E-state index in [4.69, 9.17) is 4.74 Å². The van der Waals surface area contributed by atoms with Crippen molar-refractivity contribution in [1.82, 2.24) is 0 Å². The van der Waals surface area contributed by atoms with Crippen molar-refractivity contribution < 1.29 is 4.74 Å². The first-order chi connectivity index (χ1) is 8.38. The lowest BCUT2D eigenvalue weighted by Crippen LogP contribution is -1.90. The van der Waals surface area contributed by atoms with Gasteiger partial charge in [0.2, 0.25) is 0 Å². The van der Waals surface area contributed by atoms with Crippen molar-refractivity contribution in [2.24, 2.45) is 4.99 Å². The third-order valence-corrected chi connectivity index (χ3v) is 3.26. The summed E-state index contributed by atoms with van der Waals surface area (Å²) in [5.74, 6) is 0.899. The third-order valence-electron chi connectivity index (χ3n) is 2.45. The zero-order valence-corrected chi connectivity index (χ0v) is 10.6. The minimum Gasteiger partial charge on any atom is -0.497 e. The van der Waals surface area contributed by atoms with Crippen LogP contribution >= 0.6 is 11.3 Å². The minimum absolute atomic E-state index is 0.824. The molecule has 0 fully saturated rings. The van der Waals surface area contributed by atoms with E-state index >= 15 is 0 Å². The molecule has 88 valence electrons. The van der Waals surface area contributed by atoms with Gasteiger partial charge in [0.15, 0.2) is 0 Å². The standard InChI is InChI=1S/C14H15NOS/c1-16-13-6-4-12(5-7-13)8-9-15-11-14-3-2-10-17-14/h2-7,10-11H,8-9H2,1H3/b15-11+. The molecule has 1 aromatic heterocycles. The molecule has 0 unspecified atom stereocenters. The zero-order valence-electron chi connectivity index (χ0n) is 9.80. The molecule has 0 spiro atoms. The summed E-state index contributed by atoms with van der Waals surface area (Å²) in [5, 5.41) is 2.06.